The number of benzodiazepines with no additional fused rings is 1. The average molecular weight is 483 g/mol. The number of nitrogens with zero attached hydrogens (tertiary/aromatic N) is 2. The first-order chi connectivity index (χ1) is 17.3. The molecule has 0 aliphatic carbocycles. The highest BCUT2D eigenvalue weighted by atomic mass is 16.4. The Bertz CT molecular complexity index is 1250. The smallest absolute Gasteiger partial charge is 0.335 e. The minimum Gasteiger partial charge on any atom is -0.478 e. The standard InChI is InChI=1S/C31H34N2O3/c1-21(2)9-10-22(3)17-24-11-16-27-28(18-24)33(20-23-7-5-4-6-8-23)29(34)19-32-30(27)25-12-14-26(15-13-25)31(35)36/h4-8,11-16,18,21-22H,9-10,17,19-20H2,1-3H3,(H,35,36). The number of hydrogen-bond donors (Lipinski definition) is 1. The molecule has 1 heterocycles. The van der Waals surface area contributed by atoms with Gasteiger partial charge in [0.05, 0.1) is 23.5 Å². The molecule has 1 amide bonds. The van der Waals surface area contributed by atoms with E-state index in [2.05, 4.69) is 39.0 Å². The molecule has 1 atom stereocenters. The maximum Gasteiger partial charge on any atom is 0.335 e. The second-order valence-electron chi connectivity index (χ2n) is 10.1. The van der Waals surface area contributed by atoms with Crippen molar-refractivity contribution in [3.8, 4) is 0 Å². The first-order valence-electron chi connectivity index (χ1n) is 12.7. The van der Waals surface area contributed by atoms with Crippen molar-refractivity contribution in [2.75, 3.05) is 11.4 Å². The van der Waals surface area contributed by atoms with E-state index in [4.69, 9.17) is 4.99 Å². The summed E-state index contributed by atoms with van der Waals surface area (Å²) in [5.41, 5.74) is 5.74. The Morgan fingerprint density at radius 3 is 2.33 bits per heavy atom. The molecule has 5 nitrogen and oxygen atoms in total. The highest BCUT2D eigenvalue weighted by Crippen LogP contribution is 2.31. The minimum atomic E-state index is -0.967. The molecule has 0 bridgehead atoms. The molecule has 4 rings (SSSR count). The average Bonchev–Trinajstić information content (AvgIpc) is 3.00. The van der Waals surface area contributed by atoms with Crippen LogP contribution in [0.5, 0.6) is 0 Å². The van der Waals surface area contributed by atoms with Crippen molar-refractivity contribution in [3.63, 3.8) is 0 Å². The van der Waals surface area contributed by atoms with Crippen LogP contribution in [0, 0.1) is 11.8 Å². The zero-order valence-electron chi connectivity index (χ0n) is 21.3. The predicted molar refractivity (Wildman–Crippen MR) is 145 cm³/mol. The van der Waals surface area contributed by atoms with Gasteiger partial charge < -0.3 is 10.0 Å². The van der Waals surface area contributed by atoms with Crippen molar-refractivity contribution in [2.45, 2.75) is 46.6 Å². The minimum absolute atomic E-state index is 0.0393. The van der Waals surface area contributed by atoms with Gasteiger partial charge in [-0.15, -0.1) is 0 Å². The predicted octanol–water partition coefficient (Wildman–Crippen LogP) is 6.38. The van der Waals surface area contributed by atoms with E-state index in [0.717, 1.165) is 28.8 Å². The molecule has 3 aromatic rings. The van der Waals surface area contributed by atoms with Gasteiger partial charge in [0.1, 0.15) is 6.54 Å². The molecule has 3 aromatic carbocycles. The normalized spacial score (nSPS) is 14.3. The van der Waals surface area contributed by atoms with E-state index >= 15 is 0 Å². The lowest BCUT2D eigenvalue weighted by Crippen LogP contribution is -2.32. The molecule has 1 aliphatic rings. The Kier molecular flexibility index (Phi) is 7.99. The number of carboxylic acids is 1. The fourth-order valence-electron chi connectivity index (χ4n) is 4.66. The van der Waals surface area contributed by atoms with Crippen molar-refractivity contribution in [2.24, 2.45) is 16.8 Å². The molecule has 0 spiro atoms. The van der Waals surface area contributed by atoms with Crippen LogP contribution in [0.15, 0.2) is 77.8 Å². The van der Waals surface area contributed by atoms with E-state index in [1.54, 1.807) is 24.3 Å². The maximum absolute atomic E-state index is 13.4. The third-order valence-corrected chi connectivity index (χ3v) is 6.69. The Morgan fingerprint density at radius 1 is 0.944 bits per heavy atom. The van der Waals surface area contributed by atoms with E-state index in [1.165, 1.54) is 18.4 Å². The van der Waals surface area contributed by atoms with E-state index < -0.39 is 5.97 Å². The monoisotopic (exact) mass is 482 g/mol. The molecule has 1 aliphatic heterocycles. The van der Waals surface area contributed by atoms with Gasteiger partial charge in [-0.1, -0.05) is 88.2 Å². The van der Waals surface area contributed by atoms with E-state index in [-0.39, 0.29) is 18.0 Å². The maximum atomic E-state index is 13.4. The van der Waals surface area contributed by atoms with Crippen molar-refractivity contribution in [3.05, 3.63) is 101 Å². The lowest BCUT2D eigenvalue weighted by atomic mass is 9.91. The van der Waals surface area contributed by atoms with Crippen LogP contribution in [0.4, 0.5) is 5.69 Å². The van der Waals surface area contributed by atoms with Gasteiger partial charge in [-0.2, -0.15) is 0 Å². The van der Waals surface area contributed by atoms with E-state index in [0.29, 0.717) is 24.1 Å². The van der Waals surface area contributed by atoms with Crippen LogP contribution in [0.2, 0.25) is 0 Å². The zero-order chi connectivity index (χ0) is 25.7. The molecule has 5 heteroatoms. The molecule has 0 radical (unpaired) electrons. The number of aromatic carboxylic acids is 1. The topological polar surface area (TPSA) is 70.0 Å². The number of rotatable bonds is 9. The first kappa shape index (κ1) is 25.4. The number of aliphatic imine (C=N–C) groups is 1. The van der Waals surface area contributed by atoms with Gasteiger partial charge in [-0.05, 0) is 47.6 Å². The van der Waals surface area contributed by atoms with Gasteiger partial charge in [0, 0.05) is 11.1 Å². The summed E-state index contributed by atoms with van der Waals surface area (Å²) in [6.07, 6.45) is 3.32. The fraction of sp³-hybridized carbons (Fsp3) is 0.323. The van der Waals surface area contributed by atoms with Crippen molar-refractivity contribution in [1.29, 1.82) is 0 Å². The summed E-state index contributed by atoms with van der Waals surface area (Å²) in [5, 5.41) is 9.29. The van der Waals surface area contributed by atoms with Crippen molar-refractivity contribution < 1.29 is 14.7 Å². The quantitative estimate of drug-likeness (QED) is 0.384. The molecular weight excluding hydrogens is 448 g/mol. The van der Waals surface area contributed by atoms with Crippen LogP contribution in [-0.4, -0.2) is 29.2 Å². The molecule has 1 N–H and O–H groups in total. The molecule has 0 saturated carbocycles. The number of amides is 1. The lowest BCUT2D eigenvalue weighted by Gasteiger charge is -2.25. The van der Waals surface area contributed by atoms with Gasteiger partial charge in [0.2, 0.25) is 5.91 Å². The summed E-state index contributed by atoms with van der Waals surface area (Å²) >= 11 is 0. The van der Waals surface area contributed by atoms with Crippen LogP contribution < -0.4 is 4.90 Å². The zero-order valence-corrected chi connectivity index (χ0v) is 21.3. The Balaban J connectivity index is 1.73. The van der Waals surface area contributed by atoms with Crippen LogP contribution >= 0.6 is 0 Å². The third kappa shape index (κ3) is 6.09. The Hall–Kier alpha value is -3.73. The fourth-order valence-corrected chi connectivity index (χ4v) is 4.66. The Morgan fingerprint density at radius 2 is 1.67 bits per heavy atom. The number of benzene rings is 3. The highest BCUT2D eigenvalue weighted by molar-refractivity contribution is 6.19. The second kappa shape index (κ2) is 11.3. The number of carbonyl (C=O) groups excluding carboxylic acids is 1. The number of hydrogen-bond acceptors (Lipinski definition) is 3. The molecular formula is C31H34N2O3. The molecule has 186 valence electrons. The number of carbonyl (C=O) groups is 2. The molecule has 1 unspecified atom stereocenters. The molecule has 0 fully saturated rings. The first-order valence-corrected chi connectivity index (χ1v) is 12.7. The van der Waals surface area contributed by atoms with Crippen LogP contribution in [0.3, 0.4) is 0 Å². The van der Waals surface area contributed by atoms with Crippen LogP contribution in [0.25, 0.3) is 0 Å². The summed E-state index contributed by atoms with van der Waals surface area (Å²) in [6, 6.07) is 23.1. The van der Waals surface area contributed by atoms with Crippen LogP contribution in [0.1, 0.15) is 66.2 Å². The van der Waals surface area contributed by atoms with Gasteiger partial charge in [-0.3, -0.25) is 9.79 Å². The van der Waals surface area contributed by atoms with Gasteiger partial charge in [0.25, 0.3) is 0 Å². The van der Waals surface area contributed by atoms with Crippen LogP contribution in [-0.2, 0) is 17.8 Å². The molecule has 0 aromatic heterocycles. The number of fused-ring (bicyclic) bond motifs is 1. The SMILES string of the molecule is CC(C)CCC(C)Cc1ccc2c(c1)N(Cc1ccccc1)C(=O)CN=C2c1ccc(C(=O)O)cc1. The van der Waals surface area contributed by atoms with Gasteiger partial charge >= 0.3 is 5.97 Å². The van der Waals surface area contributed by atoms with Crippen molar-refractivity contribution in [1.82, 2.24) is 0 Å². The summed E-state index contributed by atoms with van der Waals surface area (Å²) in [4.78, 5) is 31.2. The van der Waals surface area contributed by atoms with Crippen molar-refractivity contribution >= 4 is 23.3 Å². The Labute approximate surface area is 213 Å². The van der Waals surface area contributed by atoms with E-state index in [9.17, 15) is 14.7 Å². The molecule has 0 saturated heterocycles. The number of anilines is 1. The van der Waals surface area contributed by atoms with Gasteiger partial charge in [0.15, 0.2) is 0 Å². The lowest BCUT2D eigenvalue weighted by molar-refractivity contribution is -0.117. The van der Waals surface area contributed by atoms with Gasteiger partial charge in [-0.25, -0.2) is 4.79 Å². The second-order valence-corrected chi connectivity index (χ2v) is 10.1. The highest BCUT2D eigenvalue weighted by Gasteiger charge is 2.26. The summed E-state index contributed by atoms with van der Waals surface area (Å²) in [5.74, 6) is 0.212. The largest absolute Gasteiger partial charge is 0.478 e. The summed E-state index contributed by atoms with van der Waals surface area (Å²) in [7, 11) is 0. The summed E-state index contributed by atoms with van der Waals surface area (Å²) in [6.45, 7) is 7.31. The number of carboxylic acid groups (broad SMARTS) is 1. The third-order valence-electron chi connectivity index (χ3n) is 6.69. The van der Waals surface area contributed by atoms with E-state index in [1.807, 2.05) is 35.2 Å². The summed E-state index contributed by atoms with van der Waals surface area (Å²) < 4.78 is 0. The molecule has 36 heavy (non-hydrogen) atoms.